The zero-order valence-electron chi connectivity index (χ0n) is 22.2. The molecule has 2 atom stereocenters. The fourth-order valence-corrected chi connectivity index (χ4v) is 5.04. The van der Waals surface area contributed by atoms with Crippen molar-refractivity contribution in [3.8, 4) is 5.75 Å². The number of amides is 3. The van der Waals surface area contributed by atoms with E-state index in [1.807, 2.05) is 13.8 Å². The molecule has 11 heteroatoms. The predicted octanol–water partition coefficient (Wildman–Crippen LogP) is 3.64. The molecule has 0 aromatic heterocycles. The molecule has 2 aromatic rings. The number of nitrogens with zero attached hydrogens (tertiary/aromatic N) is 2. The summed E-state index contributed by atoms with van der Waals surface area (Å²) in [5, 5.41) is 5.94. The van der Waals surface area contributed by atoms with E-state index in [4.69, 9.17) is 4.74 Å². The largest absolute Gasteiger partial charge is 0.444 e. The smallest absolute Gasteiger partial charge is 0.354 e. The quantitative estimate of drug-likeness (QED) is 0.528. The van der Waals surface area contributed by atoms with Crippen molar-refractivity contribution in [3.05, 3.63) is 59.2 Å². The second-order valence-electron chi connectivity index (χ2n) is 10.0. The molecule has 2 heterocycles. The summed E-state index contributed by atoms with van der Waals surface area (Å²) in [7, 11) is 0. The SMILES string of the molecule is CCC(=O)NCCN1C(=O)[C@](F)(c2cc(F)cc(F)c2)Oc2ccc(C(=O)N(C(C)C)[C@@H]3CCCNC3)cc21. The summed E-state index contributed by atoms with van der Waals surface area (Å²) in [4.78, 5) is 41.8. The van der Waals surface area contributed by atoms with E-state index in [-0.39, 0.29) is 60.4 Å². The molecule has 210 valence electrons. The molecule has 0 aliphatic carbocycles. The lowest BCUT2D eigenvalue weighted by molar-refractivity contribution is -0.155. The van der Waals surface area contributed by atoms with Gasteiger partial charge >= 0.3 is 11.8 Å². The van der Waals surface area contributed by atoms with Gasteiger partial charge in [-0.2, -0.15) is 4.39 Å². The van der Waals surface area contributed by atoms with Gasteiger partial charge in [-0.05, 0) is 63.6 Å². The Bertz CT molecular complexity index is 1230. The lowest BCUT2D eigenvalue weighted by Gasteiger charge is -2.39. The molecule has 0 bridgehead atoms. The Morgan fingerprint density at radius 2 is 1.92 bits per heavy atom. The van der Waals surface area contributed by atoms with Gasteiger partial charge in [0, 0.05) is 55.3 Å². The molecule has 8 nitrogen and oxygen atoms in total. The normalized spacial score (nSPS) is 20.8. The van der Waals surface area contributed by atoms with Crippen LogP contribution in [0.4, 0.5) is 18.9 Å². The maximum absolute atomic E-state index is 16.3. The molecule has 0 unspecified atom stereocenters. The van der Waals surface area contributed by atoms with Crippen LogP contribution >= 0.6 is 0 Å². The number of anilines is 1. The monoisotopic (exact) mass is 546 g/mol. The molecule has 1 saturated heterocycles. The molecule has 1 fully saturated rings. The van der Waals surface area contributed by atoms with Crippen LogP contribution in [0.25, 0.3) is 0 Å². The number of rotatable bonds is 8. The Hall–Kier alpha value is -3.60. The third-order valence-corrected chi connectivity index (χ3v) is 6.94. The van der Waals surface area contributed by atoms with E-state index in [0.29, 0.717) is 24.7 Å². The molecular formula is C28H33F3N4O4. The van der Waals surface area contributed by atoms with Crippen LogP contribution in [0.2, 0.25) is 0 Å². The van der Waals surface area contributed by atoms with Crippen LogP contribution in [0.3, 0.4) is 0 Å². The maximum Gasteiger partial charge on any atom is 0.354 e. The van der Waals surface area contributed by atoms with Crippen molar-refractivity contribution in [2.45, 2.75) is 58.0 Å². The molecule has 0 spiro atoms. The highest BCUT2D eigenvalue weighted by atomic mass is 19.2. The number of nitrogens with one attached hydrogen (secondary N) is 2. The van der Waals surface area contributed by atoms with Gasteiger partial charge in [-0.25, -0.2) is 8.78 Å². The summed E-state index contributed by atoms with van der Waals surface area (Å²) < 4.78 is 49.6. The summed E-state index contributed by atoms with van der Waals surface area (Å²) in [6, 6.07) is 6.14. The van der Waals surface area contributed by atoms with Crippen molar-refractivity contribution in [3.63, 3.8) is 0 Å². The van der Waals surface area contributed by atoms with Crippen molar-refractivity contribution in [2.24, 2.45) is 0 Å². The van der Waals surface area contributed by atoms with E-state index < -0.39 is 29.0 Å². The highest BCUT2D eigenvalue weighted by Crippen LogP contribution is 2.44. The van der Waals surface area contributed by atoms with E-state index in [1.54, 1.807) is 11.8 Å². The van der Waals surface area contributed by atoms with E-state index in [1.165, 1.54) is 18.2 Å². The second-order valence-corrected chi connectivity index (χ2v) is 10.0. The van der Waals surface area contributed by atoms with Gasteiger partial charge in [0.25, 0.3) is 5.91 Å². The second kappa shape index (κ2) is 11.6. The van der Waals surface area contributed by atoms with Gasteiger partial charge in [0.2, 0.25) is 5.91 Å². The van der Waals surface area contributed by atoms with E-state index >= 15 is 4.39 Å². The molecule has 3 amide bonds. The predicted molar refractivity (Wildman–Crippen MR) is 139 cm³/mol. The standard InChI is InChI=1S/C28H33F3N4O4/c1-4-25(36)33-10-11-34-23-12-18(26(37)35(17(2)3)22-6-5-9-32-16-22)7-8-24(23)39-28(31,27(34)38)19-13-20(29)15-21(30)14-19/h7-8,12-15,17,22,32H,4-6,9-11,16H2,1-3H3,(H,33,36)/t22-,28+/m1/s1. The number of hydrogen-bond donors (Lipinski definition) is 2. The van der Waals surface area contributed by atoms with Gasteiger partial charge in [0.05, 0.1) is 5.69 Å². The minimum absolute atomic E-state index is 0.0121. The van der Waals surface area contributed by atoms with Gasteiger partial charge < -0.3 is 25.2 Å². The highest BCUT2D eigenvalue weighted by molar-refractivity contribution is 6.04. The van der Waals surface area contributed by atoms with Crippen molar-refractivity contribution in [2.75, 3.05) is 31.1 Å². The minimum Gasteiger partial charge on any atom is -0.444 e. The van der Waals surface area contributed by atoms with E-state index in [9.17, 15) is 23.2 Å². The van der Waals surface area contributed by atoms with E-state index in [2.05, 4.69) is 10.6 Å². The summed E-state index contributed by atoms with van der Waals surface area (Å²) >= 11 is 0. The number of fused-ring (bicyclic) bond motifs is 1. The van der Waals surface area contributed by atoms with Crippen LogP contribution in [0.15, 0.2) is 36.4 Å². The Morgan fingerprint density at radius 3 is 2.54 bits per heavy atom. The van der Waals surface area contributed by atoms with Crippen molar-refractivity contribution < 1.29 is 32.3 Å². The molecular weight excluding hydrogens is 513 g/mol. The lowest BCUT2D eigenvalue weighted by Crippen LogP contribution is -2.53. The Labute approximate surface area is 225 Å². The fraction of sp³-hybridized carbons (Fsp3) is 0.464. The van der Waals surface area contributed by atoms with Crippen LogP contribution in [-0.2, 0) is 15.4 Å². The molecule has 2 aliphatic heterocycles. The molecule has 4 rings (SSSR count). The number of hydrogen-bond acceptors (Lipinski definition) is 5. The van der Waals surface area contributed by atoms with Crippen molar-refractivity contribution in [1.29, 1.82) is 0 Å². The number of halogens is 3. The van der Waals surface area contributed by atoms with Crippen LogP contribution in [0.5, 0.6) is 5.75 Å². The average Bonchev–Trinajstić information content (AvgIpc) is 2.90. The van der Waals surface area contributed by atoms with Crippen LogP contribution < -0.4 is 20.3 Å². The zero-order chi connectivity index (χ0) is 28.3. The first-order chi connectivity index (χ1) is 18.5. The van der Waals surface area contributed by atoms with Gasteiger partial charge in [0.15, 0.2) is 0 Å². The molecule has 2 aliphatic rings. The zero-order valence-corrected chi connectivity index (χ0v) is 22.2. The number of alkyl halides is 1. The van der Waals surface area contributed by atoms with Gasteiger partial charge in [-0.15, -0.1) is 0 Å². The molecule has 0 radical (unpaired) electrons. The number of ether oxygens (including phenoxy) is 1. The third-order valence-electron chi connectivity index (χ3n) is 6.94. The maximum atomic E-state index is 16.3. The summed E-state index contributed by atoms with van der Waals surface area (Å²) in [6.07, 6.45) is 1.99. The van der Waals surface area contributed by atoms with Crippen LogP contribution in [-0.4, -0.2) is 60.9 Å². The first-order valence-corrected chi connectivity index (χ1v) is 13.2. The van der Waals surface area contributed by atoms with Crippen molar-refractivity contribution in [1.82, 2.24) is 15.5 Å². The molecule has 2 aromatic carbocycles. The first kappa shape index (κ1) is 28.4. The van der Waals surface area contributed by atoms with Crippen LogP contribution in [0, 0.1) is 11.6 Å². The first-order valence-electron chi connectivity index (χ1n) is 13.2. The summed E-state index contributed by atoms with van der Waals surface area (Å²) in [5.74, 6) is -7.21. The fourth-order valence-electron chi connectivity index (χ4n) is 5.04. The summed E-state index contributed by atoms with van der Waals surface area (Å²) in [6.45, 7) is 6.88. The number of carbonyl (C=O) groups excluding carboxylic acids is 3. The molecule has 39 heavy (non-hydrogen) atoms. The number of benzene rings is 2. The number of piperidine rings is 1. The van der Waals surface area contributed by atoms with Gasteiger partial charge in [-0.1, -0.05) is 6.92 Å². The summed E-state index contributed by atoms with van der Waals surface area (Å²) in [5.41, 5.74) is -0.253. The molecule has 2 N–H and O–H groups in total. The Balaban J connectivity index is 1.73. The Morgan fingerprint density at radius 1 is 1.21 bits per heavy atom. The van der Waals surface area contributed by atoms with Gasteiger partial charge in [-0.3, -0.25) is 14.4 Å². The lowest BCUT2D eigenvalue weighted by atomic mass is 10.00. The van der Waals surface area contributed by atoms with Crippen molar-refractivity contribution >= 4 is 23.4 Å². The topological polar surface area (TPSA) is 91.0 Å². The number of carbonyl (C=O) groups is 3. The Kier molecular flexibility index (Phi) is 8.48. The van der Waals surface area contributed by atoms with Gasteiger partial charge in [0.1, 0.15) is 17.4 Å². The highest BCUT2D eigenvalue weighted by Gasteiger charge is 2.51. The van der Waals surface area contributed by atoms with Crippen LogP contribution in [0.1, 0.15) is 56.0 Å². The third kappa shape index (κ3) is 5.88. The molecule has 0 saturated carbocycles. The minimum atomic E-state index is -3.23. The van der Waals surface area contributed by atoms with E-state index in [0.717, 1.165) is 24.3 Å². The average molecular weight is 547 g/mol.